The number of nitrogens with zero attached hydrogens (tertiary/aromatic N) is 1. The Bertz CT molecular complexity index is 919. The molecule has 0 heterocycles. The van der Waals surface area contributed by atoms with Gasteiger partial charge in [0.15, 0.2) is 0 Å². The van der Waals surface area contributed by atoms with Crippen LogP contribution in [0, 0.1) is 15.9 Å². The van der Waals surface area contributed by atoms with E-state index >= 15 is 0 Å². The number of hydrogen-bond donors (Lipinski definition) is 3. The van der Waals surface area contributed by atoms with Crippen LogP contribution < -0.4 is 15.4 Å². The number of hydrogen-bond acceptors (Lipinski definition) is 6. The lowest BCUT2D eigenvalue weighted by Gasteiger charge is -2.09. The van der Waals surface area contributed by atoms with Gasteiger partial charge in [-0.2, -0.15) is 0 Å². The zero-order valence-corrected chi connectivity index (χ0v) is 14.8. The lowest BCUT2D eigenvalue weighted by Crippen LogP contribution is -2.38. The third kappa shape index (κ3) is 6.01. The highest BCUT2D eigenvalue weighted by Gasteiger charge is 2.15. The van der Waals surface area contributed by atoms with Gasteiger partial charge in [-0.05, 0) is 30.3 Å². The first-order valence-corrected chi connectivity index (χ1v) is 9.27. The van der Waals surface area contributed by atoms with E-state index in [2.05, 4.69) is 15.4 Å². The SMILES string of the molecule is O=C(CNS(=O)(=O)c1ccc(F)cc1)NCCNc1ccccc1[N+](=O)[O-]. The molecule has 0 aliphatic heterocycles. The first kappa shape index (κ1) is 20.3. The molecular weight excluding hydrogens is 379 g/mol. The van der Waals surface area contributed by atoms with E-state index in [0.717, 1.165) is 24.3 Å². The topological polar surface area (TPSA) is 130 Å². The van der Waals surface area contributed by atoms with Crippen molar-refractivity contribution in [2.24, 2.45) is 0 Å². The van der Waals surface area contributed by atoms with Crippen molar-refractivity contribution in [3.8, 4) is 0 Å². The number of carbonyl (C=O) groups is 1. The number of anilines is 1. The normalized spacial score (nSPS) is 11.0. The maximum Gasteiger partial charge on any atom is 0.292 e. The van der Waals surface area contributed by atoms with Crippen LogP contribution in [0.2, 0.25) is 0 Å². The number of rotatable bonds is 9. The second-order valence-corrected chi connectivity index (χ2v) is 7.10. The van der Waals surface area contributed by atoms with Gasteiger partial charge in [-0.3, -0.25) is 14.9 Å². The van der Waals surface area contributed by atoms with E-state index in [1.165, 1.54) is 18.2 Å². The van der Waals surface area contributed by atoms with Crippen LogP contribution in [0.1, 0.15) is 0 Å². The lowest BCUT2D eigenvalue weighted by molar-refractivity contribution is -0.384. The van der Waals surface area contributed by atoms with E-state index in [0.29, 0.717) is 5.69 Å². The Kier molecular flexibility index (Phi) is 6.79. The fraction of sp³-hybridized carbons (Fsp3) is 0.188. The Hall–Kier alpha value is -3.05. The maximum absolute atomic E-state index is 12.8. The number of sulfonamides is 1. The molecule has 9 nitrogen and oxygen atoms in total. The number of carbonyl (C=O) groups excluding carboxylic acids is 1. The number of halogens is 1. The Balaban J connectivity index is 1.77. The summed E-state index contributed by atoms with van der Waals surface area (Å²) in [5.74, 6) is -1.15. The summed E-state index contributed by atoms with van der Waals surface area (Å²) in [6, 6.07) is 10.3. The van der Waals surface area contributed by atoms with Crippen LogP contribution in [-0.4, -0.2) is 38.9 Å². The Labute approximate surface area is 154 Å². The summed E-state index contributed by atoms with van der Waals surface area (Å²) in [7, 11) is -3.93. The monoisotopic (exact) mass is 396 g/mol. The average molecular weight is 396 g/mol. The van der Waals surface area contributed by atoms with E-state index in [4.69, 9.17) is 0 Å². The molecule has 2 aromatic rings. The number of nitro benzene ring substituents is 1. The van der Waals surface area contributed by atoms with Gasteiger partial charge in [0.25, 0.3) is 5.69 Å². The number of benzene rings is 2. The number of para-hydroxylation sites is 2. The second-order valence-electron chi connectivity index (χ2n) is 5.33. The van der Waals surface area contributed by atoms with Crippen LogP contribution in [0.15, 0.2) is 53.4 Å². The van der Waals surface area contributed by atoms with Crippen LogP contribution in [0.4, 0.5) is 15.8 Å². The summed E-state index contributed by atoms with van der Waals surface area (Å²) >= 11 is 0. The predicted octanol–water partition coefficient (Wildman–Crippen LogP) is 1.24. The van der Waals surface area contributed by atoms with Gasteiger partial charge in [-0.15, -0.1) is 0 Å². The first-order valence-electron chi connectivity index (χ1n) is 7.79. The van der Waals surface area contributed by atoms with Gasteiger partial charge >= 0.3 is 0 Å². The number of amides is 1. The molecule has 0 saturated heterocycles. The quantitative estimate of drug-likeness (QED) is 0.332. The Morgan fingerprint density at radius 1 is 1.07 bits per heavy atom. The minimum absolute atomic E-state index is 0.0871. The molecule has 0 radical (unpaired) electrons. The van der Waals surface area contributed by atoms with Gasteiger partial charge in [-0.25, -0.2) is 17.5 Å². The first-order chi connectivity index (χ1) is 12.8. The molecule has 144 valence electrons. The van der Waals surface area contributed by atoms with E-state index in [-0.39, 0.29) is 23.7 Å². The number of nitrogens with one attached hydrogen (secondary N) is 3. The van der Waals surface area contributed by atoms with Crippen molar-refractivity contribution in [1.82, 2.24) is 10.0 Å². The molecule has 0 fully saturated rings. The summed E-state index contributed by atoms with van der Waals surface area (Å²) in [5.41, 5.74) is 0.227. The molecule has 0 aliphatic rings. The Morgan fingerprint density at radius 2 is 1.74 bits per heavy atom. The molecule has 0 unspecified atom stereocenters. The smallest absolute Gasteiger partial charge is 0.292 e. The minimum atomic E-state index is -3.93. The third-order valence-electron chi connectivity index (χ3n) is 3.41. The van der Waals surface area contributed by atoms with Crippen molar-refractivity contribution in [2.45, 2.75) is 4.90 Å². The average Bonchev–Trinajstić information content (AvgIpc) is 2.64. The molecule has 0 atom stereocenters. The second kappa shape index (κ2) is 9.05. The summed E-state index contributed by atoms with van der Waals surface area (Å²) in [6.07, 6.45) is 0. The molecule has 0 aromatic heterocycles. The highest BCUT2D eigenvalue weighted by molar-refractivity contribution is 7.89. The van der Waals surface area contributed by atoms with E-state index in [1.54, 1.807) is 6.07 Å². The molecule has 0 saturated carbocycles. The molecule has 0 spiro atoms. The van der Waals surface area contributed by atoms with Gasteiger partial charge in [0, 0.05) is 19.2 Å². The number of nitro groups is 1. The molecule has 2 aromatic carbocycles. The third-order valence-corrected chi connectivity index (χ3v) is 4.83. The van der Waals surface area contributed by atoms with E-state index < -0.39 is 33.2 Å². The van der Waals surface area contributed by atoms with Gasteiger partial charge in [0.1, 0.15) is 11.5 Å². The fourth-order valence-corrected chi connectivity index (χ4v) is 3.08. The van der Waals surface area contributed by atoms with Crippen molar-refractivity contribution in [3.05, 3.63) is 64.5 Å². The zero-order valence-electron chi connectivity index (χ0n) is 14.0. The van der Waals surface area contributed by atoms with E-state index in [9.17, 15) is 27.7 Å². The molecular formula is C16H17FN4O5S. The maximum atomic E-state index is 12.8. The fourth-order valence-electron chi connectivity index (χ4n) is 2.10. The van der Waals surface area contributed by atoms with Crippen LogP contribution in [0.25, 0.3) is 0 Å². The summed E-state index contributed by atoms with van der Waals surface area (Å²) in [6.45, 7) is -0.157. The van der Waals surface area contributed by atoms with Crippen molar-refractivity contribution < 1.29 is 22.5 Å². The highest BCUT2D eigenvalue weighted by Crippen LogP contribution is 2.22. The molecule has 2 rings (SSSR count). The van der Waals surface area contributed by atoms with Crippen molar-refractivity contribution in [2.75, 3.05) is 25.0 Å². The van der Waals surface area contributed by atoms with Crippen LogP contribution in [-0.2, 0) is 14.8 Å². The molecule has 11 heteroatoms. The molecule has 0 bridgehead atoms. The molecule has 1 amide bonds. The lowest BCUT2D eigenvalue weighted by atomic mass is 10.2. The highest BCUT2D eigenvalue weighted by atomic mass is 32.2. The predicted molar refractivity (Wildman–Crippen MR) is 96.2 cm³/mol. The summed E-state index contributed by atoms with van der Waals surface area (Å²) in [4.78, 5) is 21.9. The van der Waals surface area contributed by atoms with Gasteiger partial charge in [0.05, 0.1) is 16.4 Å². The molecule has 0 aliphatic carbocycles. The zero-order chi connectivity index (χ0) is 19.9. The van der Waals surface area contributed by atoms with Gasteiger partial charge < -0.3 is 10.6 Å². The van der Waals surface area contributed by atoms with Gasteiger partial charge in [0.2, 0.25) is 15.9 Å². The van der Waals surface area contributed by atoms with Crippen LogP contribution >= 0.6 is 0 Å². The standard InChI is InChI=1S/C16H17FN4O5S/c17-12-5-7-13(8-6-12)27(25,26)20-11-16(22)19-10-9-18-14-3-1-2-4-15(14)21(23)24/h1-8,18,20H,9-11H2,(H,19,22). The minimum Gasteiger partial charge on any atom is -0.378 e. The van der Waals surface area contributed by atoms with Crippen molar-refractivity contribution >= 4 is 27.3 Å². The van der Waals surface area contributed by atoms with Crippen LogP contribution in [0.3, 0.4) is 0 Å². The summed E-state index contributed by atoms with van der Waals surface area (Å²) in [5, 5.41) is 16.2. The largest absolute Gasteiger partial charge is 0.378 e. The van der Waals surface area contributed by atoms with Crippen molar-refractivity contribution in [3.63, 3.8) is 0 Å². The molecule has 3 N–H and O–H groups in total. The Morgan fingerprint density at radius 3 is 2.41 bits per heavy atom. The van der Waals surface area contributed by atoms with Gasteiger partial charge in [-0.1, -0.05) is 12.1 Å². The van der Waals surface area contributed by atoms with Crippen molar-refractivity contribution in [1.29, 1.82) is 0 Å². The van der Waals surface area contributed by atoms with E-state index in [1.807, 2.05) is 0 Å². The summed E-state index contributed by atoms with van der Waals surface area (Å²) < 4.78 is 38.9. The molecule has 27 heavy (non-hydrogen) atoms. The van der Waals surface area contributed by atoms with Crippen LogP contribution in [0.5, 0.6) is 0 Å².